The lowest BCUT2D eigenvalue weighted by Crippen LogP contribution is -2.23. The number of thiazole rings is 1. The van der Waals surface area contributed by atoms with Gasteiger partial charge in [0.25, 0.3) is 5.56 Å². The van der Waals surface area contributed by atoms with E-state index in [0.717, 1.165) is 10.4 Å². The lowest BCUT2D eigenvalue weighted by molar-refractivity contribution is 0.324. The molecule has 144 valence electrons. The van der Waals surface area contributed by atoms with Gasteiger partial charge in [-0.05, 0) is 42.1 Å². The molecule has 1 aromatic carbocycles. The Morgan fingerprint density at radius 1 is 1.07 bits per heavy atom. The summed E-state index contributed by atoms with van der Waals surface area (Å²) in [6, 6.07) is 5.53. The molecule has 0 aliphatic carbocycles. The van der Waals surface area contributed by atoms with Crippen LogP contribution in [0.4, 0.5) is 0 Å². The maximum absolute atomic E-state index is 13.0. The number of nitrogens with zero attached hydrogens (tertiary/aromatic N) is 3. The minimum atomic E-state index is -0.151. The van der Waals surface area contributed by atoms with Crippen molar-refractivity contribution in [2.45, 2.75) is 6.92 Å². The number of aryl methyl sites for hydroxylation is 1. The van der Waals surface area contributed by atoms with Crippen molar-refractivity contribution in [1.82, 2.24) is 14.6 Å². The molecule has 0 saturated heterocycles. The summed E-state index contributed by atoms with van der Waals surface area (Å²) in [7, 11) is 4.62. The van der Waals surface area contributed by atoms with Crippen LogP contribution in [-0.4, -0.2) is 35.9 Å². The van der Waals surface area contributed by atoms with Crippen LogP contribution in [0.25, 0.3) is 22.4 Å². The quantitative estimate of drug-likeness (QED) is 0.499. The molecular weight excluding hydrogens is 398 g/mol. The average Bonchev–Trinajstić information content (AvgIpc) is 3.39. The van der Waals surface area contributed by atoms with Crippen LogP contribution in [0.15, 0.2) is 28.4 Å². The topological polar surface area (TPSA) is 75.0 Å². The number of benzene rings is 1. The fourth-order valence-electron chi connectivity index (χ4n) is 2.91. The van der Waals surface area contributed by atoms with Crippen molar-refractivity contribution >= 4 is 33.7 Å². The molecule has 9 heteroatoms. The summed E-state index contributed by atoms with van der Waals surface area (Å²) in [4.78, 5) is 14.6. The number of hydrogen-bond acceptors (Lipinski definition) is 8. The first-order chi connectivity index (χ1) is 13.6. The Kier molecular flexibility index (Phi) is 4.78. The van der Waals surface area contributed by atoms with Gasteiger partial charge in [-0.3, -0.25) is 4.79 Å². The third-order valence-corrected chi connectivity index (χ3v) is 6.26. The van der Waals surface area contributed by atoms with Gasteiger partial charge in [-0.25, -0.2) is 4.40 Å². The normalized spacial score (nSPS) is 11.9. The van der Waals surface area contributed by atoms with E-state index in [0.29, 0.717) is 38.1 Å². The van der Waals surface area contributed by atoms with E-state index >= 15 is 0 Å². The lowest BCUT2D eigenvalue weighted by Gasteiger charge is -2.13. The first-order valence-electron chi connectivity index (χ1n) is 8.31. The molecule has 0 fully saturated rings. The summed E-state index contributed by atoms with van der Waals surface area (Å²) in [5.41, 5.74) is 1.63. The molecule has 0 N–H and O–H groups in total. The molecular formula is C19H17N3O4S2. The Hall–Kier alpha value is -2.91. The number of rotatable bonds is 5. The summed E-state index contributed by atoms with van der Waals surface area (Å²) in [6.45, 7) is 2.02. The van der Waals surface area contributed by atoms with Gasteiger partial charge in [-0.1, -0.05) is 11.3 Å². The molecule has 0 bridgehead atoms. The number of aromatic nitrogens is 3. The van der Waals surface area contributed by atoms with E-state index in [1.807, 2.05) is 24.4 Å². The standard InChI is InChI=1S/C19H17N3O4S2/c1-10-5-6-27-14(10)9-15-18(23)22-17(20-21-19(22)28-15)11-7-12(24-2)16(26-4)13(8-11)25-3/h5-9H,1-4H3/b15-9-. The van der Waals surface area contributed by atoms with Crippen LogP contribution in [0.5, 0.6) is 17.2 Å². The predicted octanol–water partition coefficient (Wildman–Crippen LogP) is 2.76. The SMILES string of the molecule is COc1cc(-c2nnc3s/c(=C\c4sccc4C)c(=O)n23)cc(OC)c1OC. The molecule has 0 amide bonds. The third-order valence-electron chi connectivity index (χ3n) is 4.34. The van der Waals surface area contributed by atoms with Crippen LogP contribution < -0.4 is 24.3 Å². The number of thiophene rings is 1. The maximum Gasteiger partial charge on any atom is 0.276 e. The predicted molar refractivity (Wildman–Crippen MR) is 110 cm³/mol. The maximum atomic E-state index is 13.0. The number of hydrogen-bond donors (Lipinski definition) is 0. The molecule has 0 radical (unpaired) electrons. The van der Waals surface area contributed by atoms with Crippen molar-refractivity contribution in [3.05, 3.63) is 48.9 Å². The minimum absolute atomic E-state index is 0.151. The molecule has 4 aromatic rings. The van der Waals surface area contributed by atoms with Gasteiger partial charge in [-0.2, -0.15) is 0 Å². The monoisotopic (exact) mass is 415 g/mol. The van der Waals surface area contributed by atoms with Gasteiger partial charge >= 0.3 is 0 Å². The zero-order chi connectivity index (χ0) is 19.8. The summed E-state index contributed by atoms with van der Waals surface area (Å²) < 4.78 is 18.3. The van der Waals surface area contributed by atoms with Crippen molar-refractivity contribution in [2.75, 3.05) is 21.3 Å². The summed E-state index contributed by atoms with van der Waals surface area (Å²) in [5, 5.41) is 10.4. The molecule has 0 aliphatic rings. The van der Waals surface area contributed by atoms with E-state index in [9.17, 15) is 4.79 Å². The van der Waals surface area contributed by atoms with Crippen LogP contribution in [0.1, 0.15) is 10.4 Å². The molecule has 0 spiro atoms. The molecule has 4 rings (SSSR count). The molecule has 3 aromatic heterocycles. The molecule has 28 heavy (non-hydrogen) atoms. The van der Waals surface area contributed by atoms with Crippen molar-refractivity contribution < 1.29 is 14.2 Å². The summed E-state index contributed by atoms with van der Waals surface area (Å²) in [6.07, 6.45) is 1.90. The van der Waals surface area contributed by atoms with Gasteiger partial charge in [0, 0.05) is 10.4 Å². The summed E-state index contributed by atoms with van der Waals surface area (Å²) >= 11 is 2.91. The second-order valence-electron chi connectivity index (χ2n) is 5.94. The van der Waals surface area contributed by atoms with Crippen molar-refractivity contribution in [3.63, 3.8) is 0 Å². The largest absolute Gasteiger partial charge is 0.493 e. The highest BCUT2D eigenvalue weighted by Gasteiger charge is 2.19. The fourth-order valence-corrected chi connectivity index (χ4v) is 4.74. The van der Waals surface area contributed by atoms with Gasteiger partial charge in [-0.15, -0.1) is 21.5 Å². The Morgan fingerprint density at radius 3 is 2.36 bits per heavy atom. The molecule has 0 unspecified atom stereocenters. The van der Waals surface area contributed by atoms with Crippen molar-refractivity contribution in [3.8, 4) is 28.6 Å². The molecule has 0 atom stereocenters. The van der Waals surface area contributed by atoms with Crippen LogP contribution >= 0.6 is 22.7 Å². The van der Waals surface area contributed by atoms with Crippen LogP contribution in [0.3, 0.4) is 0 Å². The Labute approximate surface area is 168 Å². The van der Waals surface area contributed by atoms with Gasteiger partial charge in [0.2, 0.25) is 10.7 Å². The Morgan fingerprint density at radius 2 is 1.79 bits per heavy atom. The highest BCUT2D eigenvalue weighted by molar-refractivity contribution is 7.15. The van der Waals surface area contributed by atoms with Crippen LogP contribution in [-0.2, 0) is 0 Å². The van der Waals surface area contributed by atoms with Crippen molar-refractivity contribution in [2.24, 2.45) is 0 Å². The van der Waals surface area contributed by atoms with Gasteiger partial charge in [0.15, 0.2) is 17.3 Å². The van der Waals surface area contributed by atoms with Crippen LogP contribution in [0, 0.1) is 6.92 Å². The smallest absolute Gasteiger partial charge is 0.276 e. The zero-order valence-electron chi connectivity index (χ0n) is 15.7. The van der Waals surface area contributed by atoms with Gasteiger partial charge in [0.05, 0.1) is 25.9 Å². The van der Waals surface area contributed by atoms with Crippen molar-refractivity contribution in [1.29, 1.82) is 0 Å². The van der Waals surface area contributed by atoms with Gasteiger partial charge in [0.1, 0.15) is 0 Å². The highest BCUT2D eigenvalue weighted by atomic mass is 32.1. The average molecular weight is 415 g/mol. The highest BCUT2D eigenvalue weighted by Crippen LogP contribution is 2.40. The minimum Gasteiger partial charge on any atom is -0.493 e. The Balaban J connectivity index is 1.93. The van der Waals surface area contributed by atoms with E-state index in [-0.39, 0.29) is 5.56 Å². The number of fused-ring (bicyclic) bond motifs is 1. The van der Waals surface area contributed by atoms with Crippen LogP contribution in [0.2, 0.25) is 0 Å². The molecule has 0 saturated carbocycles. The van der Waals surface area contributed by atoms with E-state index in [4.69, 9.17) is 14.2 Å². The first-order valence-corrected chi connectivity index (χ1v) is 10.0. The number of ether oxygens (including phenoxy) is 3. The van der Waals surface area contributed by atoms with E-state index in [2.05, 4.69) is 10.2 Å². The first kappa shape index (κ1) is 18.5. The number of methoxy groups -OCH3 is 3. The summed E-state index contributed by atoms with van der Waals surface area (Å²) in [5.74, 6) is 1.87. The fraction of sp³-hybridized carbons (Fsp3) is 0.211. The zero-order valence-corrected chi connectivity index (χ0v) is 17.3. The molecule has 0 aliphatic heterocycles. The van der Waals surface area contributed by atoms with E-state index in [1.165, 1.54) is 15.7 Å². The van der Waals surface area contributed by atoms with Gasteiger partial charge < -0.3 is 14.2 Å². The third kappa shape index (κ3) is 2.92. The molecule has 7 nitrogen and oxygen atoms in total. The lowest BCUT2D eigenvalue weighted by atomic mass is 10.1. The van der Waals surface area contributed by atoms with E-state index in [1.54, 1.807) is 44.8 Å². The Bertz CT molecular complexity index is 1250. The molecule has 3 heterocycles. The second kappa shape index (κ2) is 7.25. The van der Waals surface area contributed by atoms with E-state index < -0.39 is 0 Å². The second-order valence-corrected chi connectivity index (χ2v) is 7.90.